The summed E-state index contributed by atoms with van der Waals surface area (Å²) in [7, 11) is -2.32. The molecule has 1 atom stereocenters. The monoisotopic (exact) mass is 829 g/mol. The van der Waals surface area contributed by atoms with Crippen LogP contribution in [0.1, 0.15) is 55.7 Å². The fourth-order valence-electron chi connectivity index (χ4n) is 7.01. The van der Waals surface area contributed by atoms with Crippen LogP contribution in [0.2, 0.25) is 5.02 Å². The Morgan fingerprint density at radius 2 is 1.71 bits per heavy atom. The number of nitrogens with zero attached hydrogens (tertiary/aromatic N) is 7. The fraction of sp³-hybridized carbons (Fsp3) is 0.250. The zero-order chi connectivity index (χ0) is 41.3. The van der Waals surface area contributed by atoms with E-state index in [-0.39, 0.29) is 67.5 Å². The Labute approximate surface area is 334 Å². The molecule has 58 heavy (non-hydrogen) atoms. The molecule has 298 valence electrons. The number of aromatic nitrogens is 7. The van der Waals surface area contributed by atoms with Gasteiger partial charge in [0.15, 0.2) is 11.5 Å². The molecule has 0 bridgehead atoms. The van der Waals surface area contributed by atoms with Crippen molar-refractivity contribution in [2.24, 2.45) is 7.05 Å². The van der Waals surface area contributed by atoms with Crippen LogP contribution in [0, 0.1) is 17.5 Å². The average molecular weight is 830 g/mol. The van der Waals surface area contributed by atoms with E-state index in [2.05, 4.69) is 25.2 Å². The number of fused-ring (bicyclic) bond motifs is 2. The van der Waals surface area contributed by atoms with Gasteiger partial charge < -0.3 is 5.32 Å². The van der Waals surface area contributed by atoms with E-state index in [9.17, 15) is 26.8 Å². The van der Waals surface area contributed by atoms with E-state index in [4.69, 9.17) is 16.6 Å². The minimum absolute atomic E-state index is 0.00468. The Hall–Kier alpha value is -6.07. The number of carbonyl (C=O) groups excluding carboxylic acids is 1. The van der Waals surface area contributed by atoms with Crippen molar-refractivity contribution >= 4 is 55.3 Å². The van der Waals surface area contributed by atoms with Gasteiger partial charge in [-0.2, -0.15) is 10.2 Å². The molecule has 0 spiro atoms. The molecule has 13 nitrogen and oxygen atoms in total. The first kappa shape index (κ1) is 38.8. The predicted octanol–water partition coefficient (Wildman–Crippen LogP) is 6.69. The van der Waals surface area contributed by atoms with Crippen LogP contribution in [0.15, 0.2) is 83.8 Å². The Balaban J connectivity index is 1.39. The van der Waals surface area contributed by atoms with Crippen molar-refractivity contribution in [3.05, 3.63) is 129 Å². The van der Waals surface area contributed by atoms with Crippen molar-refractivity contribution in [1.29, 1.82) is 0 Å². The SMILES string of the molecule is Cn1nc(NS(C)(=O)=O)c2c(Cl)ccc(-n3c([C@H](Cc4cc(F)cc(F)c4)NC(=O)C(C)(C)n4ccc(C5CC5)n4)nc4nc(-c5ccccc5F)ccc4c3=O)c21. The van der Waals surface area contributed by atoms with E-state index < -0.39 is 50.5 Å². The van der Waals surface area contributed by atoms with E-state index in [0.717, 1.165) is 36.9 Å². The molecule has 1 saturated carbocycles. The Morgan fingerprint density at radius 1 is 0.983 bits per heavy atom. The molecule has 1 aliphatic carbocycles. The molecule has 1 fully saturated rings. The third-order valence-corrected chi connectivity index (χ3v) is 10.9. The highest BCUT2D eigenvalue weighted by molar-refractivity contribution is 7.92. The number of aryl methyl sites for hydroxylation is 1. The number of pyridine rings is 1. The Morgan fingerprint density at radius 3 is 2.40 bits per heavy atom. The molecule has 4 aromatic heterocycles. The second-order valence-electron chi connectivity index (χ2n) is 14.8. The van der Waals surface area contributed by atoms with E-state index in [1.54, 1.807) is 26.1 Å². The van der Waals surface area contributed by atoms with Crippen molar-refractivity contribution in [2.45, 2.75) is 50.6 Å². The maximum atomic E-state index is 15.0. The Kier molecular flexibility index (Phi) is 9.62. The summed E-state index contributed by atoms with van der Waals surface area (Å²) < 4.78 is 75.6. The van der Waals surface area contributed by atoms with E-state index in [0.29, 0.717) is 12.0 Å². The number of amides is 1. The van der Waals surface area contributed by atoms with Crippen LogP contribution in [0.4, 0.5) is 19.0 Å². The molecule has 8 rings (SSSR count). The highest BCUT2D eigenvalue weighted by atomic mass is 35.5. The van der Waals surface area contributed by atoms with Gasteiger partial charge in [0.25, 0.3) is 5.56 Å². The molecule has 7 aromatic rings. The second-order valence-corrected chi connectivity index (χ2v) is 17.0. The van der Waals surface area contributed by atoms with E-state index >= 15 is 4.39 Å². The average Bonchev–Trinajstić information content (AvgIpc) is 3.78. The van der Waals surface area contributed by atoms with Crippen LogP contribution >= 0.6 is 11.6 Å². The normalized spacial score (nSPS) is 13.9. The summed E-state index contributed by atoms with van der Waals surface area (Å²) in [5.41, 5.74) is -0.538. The van der Waals surface area contributed by atoms with Gasteiger partial charge in [0.05, 0.1) is 50.7 Å². The van der Waals surface area contributed by atoms with Crippen LogP contribution in [0.3, 0.4) is 0 Å². The summed E-state index contributed by atoms with van der Waals surface area (Å²) in [5, 5.41) is 12.3. The number of hydrogen-bond acceptors (Lipinski definition) is 8. The summed E-state index contributed by atoms with van der Waals surface area (Å²) in [4.78, 5) is 38.9. The number of rotatable bonds is 11. The summed E-state index contributed by atoms with van der Waals surface area (Å²) in [6.45, 7) is 3.31. The first-order valence-corrected chi connectivity index (χ1v) is 20.4. The lowest BCUT2D eigenvalue weighted by atomic mass is 10.0. The van der Waals surface area contributed by atoms with Gasteiger partial charge in [0.2, 0.25) is 15.9 Å². The molecule has 0 aliphatic heterocycles. The minimum atomic E-state index is -3.85. The first-order valence-electron chi connectivity index (χ1n) is 18.1. The van der Waals surface area contributed by atoms with Crippen molar-refractivity contribution in [1.82, 2.24) is 39.4 Å². The van der Waals surface area contributed by atoms with Crippen LogP contribution in [-0.2, 0) is 33.8 Å². The molecule has 1 aliphatic rings. The zero-order valence-corrected chi connectivity index (χ0v) is 33.0. The number of nitrogens with one attached hydrogen (secondary N) is 2. The highest BCUT2D eigenvalue weighted by Gasteiger charge is 2.36. The molecular formula is C40H35ClF3N9O4S. The molecule has 2 N–H and O–H groups in total. The number of benzene rings is 3. The number of halogens is 4. The molecule has 3 aromatic carbocycles. The highest BCUT2D eigenvalue weighted by Crippen LogP contribution is 2.40. The quantitative estimate of drug-likeness (QED) is 0.146. The number of hydrogen-bond donors (Lipinski definition) is 2. The third-order valence-electron chi connectivity index (χ3n) is 10.1. The Bertz CT molecular complexity index is 2960. The topological polar surface area (TPSA) is 159 Å². The van der Waals surface area contributed by atoms with Crippen LogP contribution < -0.4 is 15.6 Å². The maximum Gasteiger partial charge on any atom is 0.267 e. The van der Waals surface area contributed by atoms with Gasteiger partial charge in [-0.1, -0.05) is 23.7 Å². The summed E-state index contributed by atoms with van der Waals surface area (Å²) in [6.07, 6.45) is 4.36. The number of anilines is 1. The van der Waals surface area contributed by atoms with Crippen molar-refractivity contribution < 1.29 is 26.4 Å². The molecular weight excluding hydrogens is 795 g/mol. The summed E-state index contributed by atoms with van der Waals surface area (Å²) in [6, 6.07) is 15.3. The van der Waals surface area contributed by atoms with Crippen molar-refractivity contribution in [2.75, 3.05) is 11.0 Å². The van der Waals surface area contributed by atoms with Crippen molar-refractivity contribution in [3.8, 4) is 16.9 Å². The third kappa shape index (κ3) is 7.30. The fourth-order valence-corrected chi connectivity index (χ4v) is 7.75. The van der Waals surface area contributed by atoms with Gasteiger partial charge in [-0.25, -0.2) is 31.6 Å². The molecule has 4 heterocycles. The number of sulfonamides is 1. The maximum absolute atomic E-state index is 15.0. The molecule has 0 unspecified atom stereocenters. The zero-order valence-electron chi connectivity index (χ0n) is 31.5. The second kappa shape index (κ2) is 14.4. The minimum Gasteiger partial charge on any atom is -0.344 e. The molecule has 0 saturated heterocycles. The molecule has 0 radical (unpaired) electrons. The summed E-state index contributed by atoms with van der Waals surface area (Å²) >= 11 is 6.66. The van der Waals surface area contributed by atoms with E-state index in [1.807, 2.05) is 6.07 Å². The van der Waals surface area contributed by atoms with Crippen LogP contribution in [0.25, 0.3) is 38.9 Å². The number of carbonyl (C=O) groups is 1. The smallest absolute Gasteiger partial charge is 0.267 e. The van der Waals surface area contributed by atoms with Gasteiger partial charge in [-0.15, -0.1) is 0 Å². The first-order chi connectivity index (χ1) is 27.5. The molecule has 1 amide bonds. The van der Waals surface area contributed by atoms with Gasteiger partial charge in [0.1, 0.15) is 28.8 Å². The lowest BCUT2D eigenvalue weighted by Gasteiger charge is -2.29. The lowest BCUT2D eigenvalue weighted by Crippen LogP contribution is -2.47. The molecule has 18 heteroatoms. The predicted molar refractivity (Wildman–Crippen MR) is 213 cm³/mol. The largest absolute Gasteiger partial charge is 0.344 e. The van der Waals surface area contributed by atoms with Crippen LogP contribution in [-0.4, -0.2) is 54.7 Å². The van der Waals surface area contributed by atoms with Gasteiger partial charge in [-0.3, -0.25) is 28.2 Å². The van der Waals surface area contributed by atoms with Gasteiger partial charge >= 0.3 is 0 Å². The lowest BCUT2D eigenvalue weighted by molar-refractivity contribution is -0.129. The summed E-state index contributed by atoms with van der Waals surface area (Å²) in [5.74, 6) is -2.82. The van der Waals surface area contributed by atoms with Gasteiger partial charge in [-0.05, 0) is 86.8 Å². The standard InChI is InChI=1S/C40H35ClF3N9O4S/c1-40(2,52-16-15-29(48-52)22-9-10-22)39(55)46-31(19-21-17-23(42)20-24(43)18-21)37-47-35-26(11-13-30(45-35)25-7-5-6-8-28(25)44)38(54)53(37)32-14-12-27(41)33-34(32)51(3)49-36(33)50-58(4,56)57/h5-8,11-18,20,22,31H,9-10,19H2,1-4H3,(H,46,55)(H,49,50)/t31-/m0/s1. The van der Waals surface area contributed by atoms with Crippen LogP contribution in [0.5, 0.6) is 0 Å². The van der Waals surface area contributed by atoms with Gasteiger partial charge in [0, 0.05) is 37.2 Å². The van der Waals surface area contributed by atoms with Crippen molar-refractivity contribution in [3.63, 3.8) is 0 Å². The van der Waals surface area contributed by atoms with E-state index in [1.165, 1.54) is 63.4 Å².